The third-order valence-electron chi connectivity index (χ3n) is 10.8. The molecule has 0 aliphatic rings. The molecule has 262 valence electrons. The minimum Gasteiger partial charge on any atom is -0.309 e. The van der Waals surface area contributed by atoms with Crippen molar-refractivity contribution in [3.05, 3.63) is 200 Å². The Hall–Kier alpha value is -7.14. The van der Waals surface area contributed by atoms with Crippen molar-refractivity contribution >= 4 is 53.3 Å². The summed E-state index contributed by atoms with van der Waals surface area (Å²) >= 11 is 1.87. The Morgan fingerprint density at radius 3 is 1.66 bits per heavy atom. The number of hydrogen-bond donors (Lipinski definition) is 0. The van der Waals surface area contributed by atoms with Gasteiger partial charge < -0.3 is 4.57 Å². The maximum absolute atomic E-state index is 5.34. The Balaban J connectivity index is 1.15. The minimum atomic E-state index is 0.700. The van der Waals surface area contributed by atoms with Gasteiger partial charge in [0.05, 0.1) is 22.4 Å². The van der Waals surface area contributed by atoms with E-state index in [-0.39, 0.29) is 0 Å². The lowest BCUT2D eigenvalue weighted by molar-refractivity contribution is 1.18. The first-order valence-corrected chi connectivity index (χ1v) is 19.7. The fourth-order valence-corrected chi connectivity index (χ4v) is 9.41. The molecule has 0 radical (unpaired) electrons. The van der Waals surface area contributed by atoms with Crippen LogP contribution in [0.2, 0.25) is 0 Å². The Labute approximate surface area is 328 Å². The van der Waals surface area contributed by atoms with Crippen molar-refractivity contribution in [2.45, 2.75) is 0 Å². The van der Waals surface area contributed by atoms with Gasteiger partial charge in [-0.1, -0.05) is 164 Å². The second-order valence-electron chi connectivity index (χ2n) is 14.2. The molecule has 4 heteroatoms. The van der Waals surface area contributed by atoms with E-state index in [1.807, 2.05) is 17.4 Å². The first kappa shape index (κ1) is 32.3. The molecule has 0 saturated heterocycles. The molecule has 0 aliphatic carbocycles. The highest BCUT2D eigenvalue weighted by Crippen LogP contribution is 2.44. The largest absolute Gasteiger partial charge is 0.309 e. The van der Waals surface area contributed by atoms with E-state index in [0.29, 0.717) is 5.82 Å². The summed E-state index contributed by atoms with van der Waals surface area (Å²) in [6.45, 7) is 0. The van der Waals surface area contributed by atoms with Gasteiger partial charge in [0.2, 0.25) is 0 Å². The molecule has 0 aliphatic heterocycles. The van der Waals surface area contributed by atoms with Crippen LogP contribution in [0.5, 0.6) is 0 Å². The van der Waals surface area contributed by atoms with Crippen LogP contribution in [-0.2, 0) is 0 Å². The zero-order chi connectivity index (χ0) is 37.0. The second-order valence-corrected chi connectivity index (χ2v) is 15.2. The Morgan fingerprint density at radius 1 is 0.375 bits per heavy atom. The highest BCUT2D eigenvalue weighted by molar-refractivity contribution is 7.26. The van der Waals surface area contributed by atoms with Gasteiger partial charge >= 0.3 is 0 Å². The van der Waals surface area contributed by atoms with E-state index in [0.717, 1.165) is 55.6 Å². The van der Waals surface area contributed by atoms with Crippen molar-refractivity contribution in [2.75, 3.05) is 0 Å². The number of para-hydroxylation sites is 1. The zero-order valence-corrected chi connectivity index (χ0v) is 31.1. The molecule has 56 heavy (non-hydrogen) atoms. The van der Waals surface area contributed by atoms with Gasteiger partial charge in [-0.05, 0) is 53.1 Å². The van der Waals surface area contributed by atoms with E-state index in [9.17, 15) is 0 Å². The van der Waals surface area contributed by atoms with Crippen LogP contribution in [0.15, 0.2) is 200 Å². The fourth-order valence-electron chi connectivity index (χ4n) is 8.19. The molecule has 11 aromatic rings. The van der Waals surface area contributed by atoms with E-state index in [1.165, 1.54) is 42.4 Å². The summed E-state index contributed by atoms with van der Waals surface area (Å²) in [5.74, 6) is 0.700. The fraction of sp³-hybridized carbons (Fsp3) is 0. The Kier molecular flexibility index (Phi) is 7.68. The molecule has 11 rings (SSSR count). The van der Waals surface area contributed by atoms with Gasteiger partial charge in [0, 0.05) is 58.9 Å². The van der Waals surface area contributed by atoms with Crippen molar-refractivity contribution in [1.29, 1.82) is 0 Å². The van der Waals surface area contributed by atoms with Crippen LogP contribution >= 0.6 is 11.3 Å². The molecule has 0 fully saturated rings. The van der Waals surface area contributed by atoms with E-state index in [2.05, 4.69) is 199 Å². The summed E-state index contributed by atoms with van der Waals surface area (Å²) in [5.41, 5.74) is 13.1. The molecule has 3 heterocycles. The smallest absolute Gasteiger partial charge is 0.161 e. The average molecular weight is 732 g/mol. The Bertz CT molecular complexity index is 3220. The van der Waals surface area contributed by atoms with Crippen LogP contribution in [-0.4, -0.2) is 14.5 Å². The summed E-state index contributed by atoms with van der Waals surface area (Å²) in [5, 5.41) is 4.85. The summed E-state index contributed by atoms with van der Waals surface area (Å²) in [7, 11) is 0. The monoisotopic (exact) mass is 731 g/mol. The number of hydrogen-bond acceptors (Lipinski definition) is 3. The number of thiophene rings is 1. The van der Waals surface area contributed by atoms with Crippen LogP contribution in [0.4, 0.5) is 0 Å². The lowest BCUT2D eigenvalue weighted by atomic mass is 10.0. The van der Waals surface area contributed by atoms with Crippen molar-refractivity contribution in [3.63, 3.8) is 0 Å². The molecule has 3 aromatic heterocycles. The summed E-state index contributed by atoms with van der Waals surface area (Å²) in [6, 6.07) is 71.3. The van der Waals surface area contributed by atoms with E-state index < -0.39 is 0 Å². The Morgan fingerprint density at radius 2 is 0.929 bits per heavy atom. The highest BCUT2D eigenvalue weighted by Gasteiger charge is 2.21. The molecule has 0 spiro atoms. The minimum absolute atomic E-state index is 0.700. The molecule has 0 N–H and O–H groups in total. The maximum Gasteiger partial charge on any atom is 0.161 e. The number of aromatic nitrogens is 3. The average Bonchev–Trinajstić information content (AvgIpc) is 3.83. The van der Waals surface area contributed by atoms with Gasteiger partial charge in [0.15, 0.2) is 5.82 Å². The molecule has 0 saturated carbocycles. The lowest BCUT2D eigenvalue weighted by Gasteiger charge is -2.13. The quantitative estimate of drug-likeness (QED) is 0.170. The standard InChI is InChI=1S/C52H33N3S/c1-4-15-34(16-5-1)35-27-29-38(30-28-35)46-33-45(37-19-8-3-9-20-37)53-52(54-46)42-23-14-25-48-50(42)41-22-10-12-24-47(41)55(48)39-31-43(36-17-6-2-7-18-36)51-44(32-39)40-21-11-13-26-49(40)56-51/h1-33H. The van der Waals surface area contributed by atoms with Crippen LogP contribution in [0.3, 0.4) is 0 Å². The third-order valence-corrected chi connectivity index (χ3v) is 12.0. The zero-order valence-electron chi connectivity index (χ0n) is 30.3. The normalized spacial score (nSPS) is 11.6. The summed E-state index contributed by atoms with van der Waals surface area (Å²) in [6.07, 6.45) is 0. The second kappa shape index (κ2) is 13.3. The van der Waals surface area contributed by atoms with E-state index in [1.54, 1.807) is 0 Å². The molecule has 0 atom stereocenters. The molecular weight excluding hydrogens is 699 g/mol. The van der Waals surface area contributed by atoms with Gasteiger partial charge in [-0.15, -0.1) is 11.3 Å². The van der Waals surface area contributed by atoms with Gasteiger partial charge in [-0.3, -0.25) is 0 Å². The first-order chi connectivity index (χ1) is 27.8. The van der Waals surface area contributed by atoms with Crippen LogP contribution < -0.4 is 0 Å². The maximum atomic E-state index is 5.34. The van der Waals surface area contributed by atoms with Crippen LogP contribution in [0.25, 0.3) is 104 Å². The van der Waals surface area contributed by atoms with Gasteiger partial charge in [0.1, 0.15) is 0 Å². The van der Waals surface area contributed by atoms with E-state index >= 15 is 0 Å². The van der Waals surface area contributed by atoms with E-state index in [4.69, 9.17) is 9.97 Å². The van der Waals surface area contributed by atoms with Gasteiger partial charge in [-0.25, -0.2) is 9.97 Å². The van der Waals surface area contributed by atoms with Gasteiger partial charge in [0.25, 0.3) is 0 Å². The van der Waals surface area contributed by atoms with Crippen molar-refractivity contribution in [2.24, 2.45) is 0 Å². The lowest BCUT2D eigenvalue weighted by Crippen LogP contribution is -1.97. The SMILES string of the molecule is c1ccc(-c2ccc(-c3cc(-c4ccccc4)nc(-c4cccc5c4c4ccccc4n5-c4cc(-c5ccccc5)c5sc6ccccc6c5c4)n3)cc2)cc1. The number of rotatable bonds is 6. The summed E-state index contributed by atoms with van der Waals surface area (Å²) < 4.78 is 5.02. The molecular formula is C52H33N3S. The predicted molar refractivity (Wildman–Crippen MR) is 236 cm³/mol. The highest BCUT2D eigenvalue weighted by atomic mass is 32.1. The number of nitrogens with zero attached hydrogens (tertiary/aromatic N) is 3. The first-order valence-electron chi connectivity index (χ1n) is 18.9. The van der Waals surface area contributed by atoms with Crippen molar-refractivity contribution < 1.29 is 0 Å². The topological polar surface area (TPSA) is 30.7 Å². The third kappa shape index (κ3) is 5.42. The number of benzene rings is 8. The van der Waals surface area contributed by atoms with Crippen LogP contribution in [0, 0.1) is 0 Å². The van der Waals surface area contributed by atoms with Crippen LogP contribution in [0.1, 0.15) is 0 Å². The van der Waals surface area contributed by atoms with Crippen molar-refractivity contribution in [3.8, 4) is 61.8 Å². The van der Waals surface area contributed by atoms with Gasteiger partial charge in [-0.2, -0.15) is 0 Å². The summed E-state index contributed by atoms with van der Waals surface area (Å²) in [4.78, 5) is 10.7. The number of fused-ring (bicyclic) bond motifs is 6. The molecule has 3 nitrogen and oxygen atoms in total. The van der Waals surface area contributed by atoms with Crippen molar-refractivity contribution in [1.82, 2.24) is 14.5 Å². The molecule has 0 amide bonds. The predicted octanol–water partition coefficient (Wildman–Crippen LogP) is 14.3. The molecule has 0 bridgehead atoms. The molecule has 0 unspecified atom stereocenters. The molecule has 8 aromatic carbocycles.